The van der Waals surface area contributed by atoms with Crippen molar-refractivity contribution in [1.82, 2.24) is 10.3 Å². The van der Waals surface area contributed by atoms with Gasteiger partial charge < -0.3 is 10.4 Å². The average molecular weight is 510 g/mol. The fraction of sp³-hybridized carbons (Fsp3) is 0.400. The van der Waals surface area contributed by atoms with Crippen molar-refractivity contribution in [1.29, 1.82) is 0 Å². The second-order valence-electron chi connectivity index (χ2n) is 7.26. The van der Waals surface area contributed by atoms with E-state index in [0.29, 0.717) is 16.1 Å². The lowest BCUT2D eigenvalue weighted by Gasteiger charge is -2.40. The van der Waals surface area contributed by atoms with Gasteiger partial charge in [-0.05, 0) is 49.4 Å². The number of rotatable bonds is 4. The van der Waals surface area contributed by atoms with Crippen molar-refractivity contribution in [3.05, 3.63) is 62.8 Å². The lowest BCUT2D eigenvalue weighted by Crippen LogP contribution is -2.48. The summed E-state index contributed by atoms with van der Waals surface area (Å²) in [6.45, 7) is 0. The zero-order valence-electron chi connectivity index (χ0n) is 15.5. The summed E-state index contributed by atoms with van der Waals surface area (Å²) in [4.78, 5) is 16.5. The first-order valence-electron chi connectivity index (χ1n) is 9.16. The first-order chi connectivity index (χ1) is 14.0. The Morgan fingerprint density at radius 2 is 1.97 bits per heavy atom. The Kier molecular flexibility index (Phi) is 6.74. The summed E-state index contributed by atoms with van der Waals surface area (Å²) in [6.07, 6.45) is -4.58. The molecule has 162 valence electrons. The van der Waals surface area contributed by atoms with Gasteiger partial charge in [0.05, 0.1) is 22.2 Å². The zero-order valence-corrected chi connectivity index (χ0v) is 17.9. The minimum absolute atomic E-state index is 0.0787. The minimum atomic E-state index is -4.75. The molecule has 1 aliphatic carbocycles. The van der Waals surface area contributed by atoms with Crippen molar-refractivity contribution < 1.29 is 27.5 Å². The Morgan fingerprint density at radius 3 is 2.57 bits per heavy atom. The van der Waals surface area contributed by atoms with Crippen molar-refractivity contribution >= 4 is 33.4 Å². The number of halogens is 6. The number of carbonyl (C=O) groups excluding carboxylic acids is 1. The first kappa shape index (κ1) is 23.0. The van der Waals surface area contributed by atoms with E-state index in [2.05, 4.69) is 26.2 Å². The quantitative estimate of drug-likeness (QED) is 0.525. The molecule has 30 heavy (non-hydrogen) atoms. The first-order valence-corrected chi connectivity index (χ1v) is 10.3. The number of hydrogen-bond donors (Lipinski definition) is 2. The van der Waals surface area contributed by atoms with Crippen LogP contribution in [-0.2, 0) is 6.18 Å². The van der Waals surface area contributed by atoms with Crippen LogP contribution < -0.4 is 5.32 Å². The van der Waals surface area contributed by atoms with Gasteiger partial charge in [0.15, 0.2) is 0 Å². The molecule has 0 aliphatic heterocycles. The smallest absolute Gasteiger partial charge is 0.387 e. The summed E-state index contributed by atoms with van der Waals surface area (Å²) in [6, 6.07) is 6.46. The molecule has 3 rings (SSSR count). The van der Waals surface area contributed by atoms with Gasteiger partial charge in [-0.1, -0.05) is 39.7 Å². The van der Waals surface area contributed by atoms with Crippen LogP contribution in [0.3, 0.4) is 0 Å². The molecule has 0 bridgehead atoms. The van der Waals surface area contributed by atoms with Gasteiger partial charge >= 0.3 is 6.18 Å². The monoisotopic (exact) mass is 508 g/mol. The van der Waals surface area contributed by atoms with Crippen molar-refractivity contribution in [2.75, 3.05) is 0 Å². The fourth-order valence-corrected chi connectivity index (χ4v) is 4.33. The van der Waals surface area contributed by atoms with Gasteiger partial charge in [-0.15, -0.1) is 0 Å². The molecule has 2 N–H and O–H groups in total. The summed E-state index contributed by atoms with van der Waals surface area (Å²) >= 11 is 9.14. The molecule has 1 aromatic heterocycles. The Labute approximate surface area is 183 Å². The zero-order chi connectivity index (χ0) is 22.1. The van der Waals surface area contributed by atoms with Crippen molar-refractivity contribution in [2.45, 2.75) is 49.7 Å². The molecule has 4 nitrogen and oxygen atoms in total. The van der Waals surface area contributed by atoms with Crippen LogP contribution in [0.5, 0.6) is 0 Å². The molecule has 1 heterocycles. The predicted octanol–water partition coefficient (Wildman–Crippen LogP) is 5.63. The Hall–Kier alpha value is -1.71. The van der Waals surface area contributed by atoms with Crippen LogP contribution in [0.15, 0.2) is 41.0 Å². The molecule has 1 atom stereocenters. The lowest BCUT2D eigenvalue weighted by molar-refractivity contribution is -0.137. The Balaban J connectivity index is 1.97. The van der Waals surface area contributed by atoms with E-state index in [-0.39, 0.29) is 25.7 Å². The highest BCUT2D eigenvalue weighted by atomic mass is 79.9. The number of nitrogens with zero attached hydrogens (tertiary/aromatic N) is 1. The molecule has 1 aliphatic rings. The van der Waals surface area contributed by atoms with E-state index in [4.69, 9.17) is 11.6 Å². The molecule has 0 saturated heterocycles. The molecule has 1 saturated carbocycles. The van der Waals surface area contributed by atoms with E-state index in [9.17, 15) is 27.5 Å². The highest BCUT2D eigenvalue weighted by Crippen LogP contribution is 2.41. The SMILES string of the molecule is O=C(N[C@H](c1cccc(Br)c1)[C@]1(O)CC[C@H](F)CC1)c1nccc(C(F)(F)F)c1Cl. The van der Waals surface area contributed by atoms with Crippen LogP contribution in [-0.4, -0.2) is 27.8 Å². The van der Waals surface area contributed by atoms with Crippen molar-refractivity contribution in [3.8, 4) is 0 Å². The Morgan fingerprint density at radius 1 is 1.30 bits per heavy atom. The fourth-order valence-electron chi connectivity index (χ4n) is 3.61. The van der Waals surface area contributed by atoms with Gasteiger partial charge in [0.2, 0.25) is 0 Å². The molecule has 0 unspecified atom stereocenters. The molecule has 1 aromatic carbocycles. The summed E-state index contributed by atoms with van der Waals surface area (Å²) in [5.41, 5.74) is -2.75. The van der Waals surface area contributed by atoms with Crippen LogP contribution in [0.25, 0.3) is 0 Å². The van der Waals surface area contributed by atoms with Gasteiger partial charge in [-0.2, -0.15) is 13.2 Å². The molecule has 10 heteroatoms. The molecule has 0 spiro atoms. The number of aliphatic hydroxyl groups is 1. The average Bonchev–Trinajstić information content (AvgIpc) is 2.67. The highest BCUT2D eigenvalue weighted by molar-refractivity contribution is 9.10. The third-order valence-electron chi connectivity index (χ3n) is 5.19. The maximum absolute atomic E-state index is 13.7. The second-order valence-corrected chi connectivity index (χ2v) is 8.55. The van der Waals surface area contributed by atoms with Gasteiger partial charge in [-0.3, -0.25) is 4.79 Å². The summed E-state index contributed by atoms with van der Waals surface area (Å²) in [5, 5.41) is 13.0. The second kappa shape index (κ2) is 8.80. The number of alkyl halides is 4. The van der Waals surface area contributed by atoms with Crippen LogP contribution in [0.1, 0.15) is 53.3 Å². The number of hydrogen-bond acceptors (Lipinski definition) is 3. The van der Waals surface area contributed by atoms with Gasteiger partial charge in [0.1, 0.15) is 11.9 Å². The molecule has 1 amide bonds. The lowest BCUT2D eigenvalue weighted by atomic mass is 9.76. The van der Waals surface area contributed by atoms with Crippen LogP contribution in [0, 0.1) is 0 Å². The van der Waals surface area contributed by atoms with Crippen molar-refractivity contribution in [2.24, 2.45) is 0 Å². The normalized spacial score (nSPS) is 23.1. The third-order valence-corrected chi connectivity index (χ3v) is 6.06. The molecule has 0 radical (unpaired) electrons. The van der Waals surface area contributed by atoms with Crippen molar-refractivity contribution in [3.63, 3.8) is 0 Å². The molecular formula is C20H18BrClF4N2O2. The standard InChI is InChI=1S/C20H18BrClF4N2O2/c21-12-3-1-2-11(10-12)17(19(30)7-4-13(23)5-8-19)28-18(29)16-15(22)14(6-9-27-16)20(24,25)26/h1-3,6,9-10,13,17,30H,4-5,7-8H2,(H,28,29)/t13-,17-,19-/m1/s1. The topological polar surface area (TPSA) is 62.2 Å². The number of benzene rings is 1. The van der Waals surface area contributed by atoms with E-state index < -0.39 is 46.2 Å². The number of amides is 1. The van der Waals surface area contributed by atoms with Crippen LogP contribution in [0.4, 0.5) is 17.6 Å². The number of aromatic nitrogens is 1. The summed E-state index contributed by atoms with van der Waals surface area (Å²) in [5.74, 6) is -0.966. The van der Waals surface area contributed by atoms with Crippen LogP contribution in [0.2, 0.25) is 5.02 Å². The Bertz CT molecular complexity index is 933. The highest BCUT2D eigenvalue weighted by Gasteiger charge is 2.43. The largest absolute Gasteiger partial charge is 0.417 e. The van der Waals surface area contributed by atoms with E-state index in [1.807, 2.05) is 0 Å². The maximum atomic E-state index is 13.7. The van der Waals surface area contributed by atoms with Gasteiger partial charge in [-0.25, -0.2) is 9.37 Å². The van der Waals surface area contributed by atoms with E-state index in [1.54, 1.807) is 24.3 Å². The van der Waals surface area contributed by atoms with E-state index in [1.165, 1.54) is 0 Å². The maximum Gasteiger partial charge on any atom is 0.417 e. The third kappa shape index (κ3) is 4.95. The van der Waals surface area contributed by atoms with E-state index >= 15 is 0 Å². The number of nitrogens with one attached hydrogen (secondary N) is 1. The number of pyridine rings is 1. The molecular weight excluding hydrogens is 492 g/mol. The molecule has 2 aromatic rings. The van der Waals surface area contributed by atoms with Crippen LogP contribution >= 0.6 is 27.5 Å². The predicted molar refractivity (Wildman–Crippen MR) is 107 cm³/mol. The van der Waals surface area contributed by atoms with Gasteiger partial charge in [0, 0.05) is 10.7 Å². The number of carbonyl (C=O) groups is 1. The minimum Gasteiger partial charge on any atom is -0.387 e. The summed E-state index contributed by atoms with van der Waals surface area (Å²) in [7, 11) is 0. The van der Waals surface area contributed by atoms with E-state index in [0.717, 1.165) is 6.20 Å². The molecule has 1 fully saturated rings. The van der Waals surface area contributed by atoms with Gasteiger partial charge in [0.25, 0.3) is 5.91 Å². The summed E-state index contributed by atoms with van der Waals surface area (Å²) < 4.78 is 53.7.